The van der Waals surface area contributed by atoms with Crippen LogP contribution in [0.3, 0.4) is 0 Å². The largest absolute Gasteiger partial charge is 0.550 e. The van der Waals surface area contributed by atoms with Gasteiger partial charge in [-0.05, 0) is 6.92 Å². The number of quaternary nitrogens is 1. The molecule has 0 radical (unpaired) electrons. The van der Waals surface area contributed by atoms with Crippen LogP contribution in [0.25, 0.3) is 0 Å². The maximum atomic E-state index is 8.89. The highest BCUT2D eigenvalue weighted by atomic mass is 16.4. The number of aliphatic carboxylic acids is 1. The second kappa shape index (κ2) is 186. The standard InChI is InChI=1S/C2H4O2.3C2H4.H3N/c1-2(3)4;3*1-2;/h1H3,(H,3,4);3*1-2H2;1H3. The highest BCUT2D eigenvalue weighted by Crippen LogP contribution is 1.31. The summed E-state index contributed by atoms with van der Waals surface area (Å²) in [6, 6.07) is 0. The zero-order chi connectivity index (χ0) is 9.58. The van der Waals surface area contributed by atoms with Crippen LogP contribution in [0.4, 0.5) is 0 Å². The lowest BCUT2D eigenvalue weighted by atomic mass is 10.9. The molecule has 68 valence electrons. The fourth-order valence-electron chi connectivity index (χ4n) is 0. The van der Waals surface area contributed by atoms with E-state index in [4.69, 9.17) is 9.90 Å². The van der Waals surface area contributed by atoms with E-state index >= 15 is 0 Å². The first-order valence-electron chi connectivity index (χ1n) is 2.41. The highest BCUT2D eigenvalue weighted by Gasteiger charge is 1.46. The Bertz CT molecular complexity index is 56.4. The van der Waals surface area contributed by atoms with Gasteiger partial charge in [-0.15, -0.1) is 39.5 Å². The predicted molar refractivity (Wildman–Crippen MR) is 50.4 cm³/mol. The van der Waals surface area contributed by atoms with Crippen molar-refractivity contribution in [2.45, 2.75) is 6.92 Å². The van der Waals surface area contributed by atoms with Crippen LogP contribution in [0, 0.1) is 0 Å². The quantitative estimate of drug-likeness (QED) is 0.547. The molecule has 0 unspecified atom stereocenters. The third-order valence-corrected chi connectivity index (χ3v) is 0. The van der Waals surface area contributed by atoms with Crippen LogP contribution in [0.15, 0.2) is 39.5 Å². The van der Waals surface area contributed by atoms with E-state index in [1.807, 2.05) is 0 Å². The van der Waals surface area contributed by atoms with Crippen LogP contribution >= 0.6 is 0 Å². The van der Waals surface area contributed by atoms with Gasteiger partial charge in [-0.2, -0.15) is 0 Å². The molecule has 3 heteroatoms. The zero-order valence-electron chi connectivity index (χ0n) is 7.56. The predicted octanol–water partition coefficient (Wildman–Crippen LogP) is 1.54. The van der Waals surface area contributed by atoms with Crippen molar-refractivity contribution in [3.63, 3.8) is 0 Å². The summed E-state index contributed by atoms with van der Waals surface area (Å²) in [7, 11) is 0. The first-order chi connectivity index (χ1) is 4.73. The molecule has 0 fully saturated rings. The Morgan fingerprint density at radius 2 is 1.00 bits per heavy atom. The second-order valence-electron chi connectivity index (χ2n) is 0.492. The fourth-order valence-corrected chi connectivity index (χ4v) is 0. The van der Waals surface area contributed by atoms with E-state index in [9.17, 15) is 0 Å². The number of carbonyl (C=O) groups excluding carboxylic acids is 1. The molecule has 0 heterocycles. The summed E-state index contributed by atoms with van der Waals surface area (Å²) in [5.41, 5.74) is 0. The minimum Gasteiger partial charge on any atom is -0.550 e. The first-order valence-corrected chi connectivity index (χ1v) is 2.41. The Hall–Kier alpha value is -1.35. The molecule has 0 aromatic rings. The van der Waals surface area contributed by atoms with Crippen LogP contribution in [0.2, 0.25) is 0 Å². The van der Waals surface area contributed by atoms with Crippen molar-refractivity contribution in [2.24, 2.45) is 0 Å². The van der Waals surface area contributed by atoms with Crippen molar-refractivity contribution >= 4 is 5.97 Å². The number of rotatable bonds is 0. The molecule has 0 amide bonds. The van der Waals surface area contributed by atoms with Gasteiger partial charge in [-0.25, -0.2) is 0 Å². The van der Waals surface area contributed by atoms with Gasteiger partial charge >= 0.3 is 0 Å². The SMILES string of the molecule is C=C.C=C.C=C.CC(=O)[O-].[NH4+]. The number of carboxylic acids is 1. The van der Waals surface area contributed by atoms with Crippen molar-refractivity contribution in [1.29, 1.82) is 0 Å². The van der Waals surface area contributed by atoms with Crippen LogP contribution < -0.4 is 11.3 Å². The Labute approximate surface area is 69.3 Å². The van der Waals surface area contributed by atoms with Crippen LogP contribution in [-0.4, -0.2) is 5.97 Å². The normalized spacial score (nSPS) is 3.36. The molecule has 11 heavy (non-hydrogen) atoms. The summed E-state index contributed by atoms with van der Waals surface area (Å²) >= 11 is 0. The zero-order valence-corrected chi connectivity index (χ0v) is 7.56. The highest BCUT2D eigenvalue weighted by molar-refractivity contribution is 5.60. The van der Waals surface area contributed by atoms with Gasteiger partial charge in [0.1, 0.15) is 0 Å². The van der Waals surface area contributed by atoms with Crippen molar-refractivity contribution in [1.82, 2.24) is 6.15 Å². The average Bonchev–Trinajstić information content (AvgIpc) is 1.98. The topological polar surface area (TPSA) is 76.6 Å². The van der Waals surface area contributed by atoms with Crippen molar-refractivity contribution in [3.05, 3.63) is 39.5 Å². The molecule has 4 N–H and O–H groups in total. The summed E-state index contributed by atoms with van der Waals surface area (Å²) in [5.74, 6) is -1.08. The van der Waals surface area contributed by atoms with E-state index in [0.29, 0.717) is 0 Å². The molecule has 0 rings (SSSR count). The van der Waals surface area contributed by atoms with Gasteiger partial charge in [-0.1, -0.05) is 0 Å². The number of carboxylic acid groups (broad SMARTS) is 1. The Morgan fingerprint density at radius 1 is 1.00 bits per heavy atom. The molecule has 0 aromatic heterocycles. The van der Waals surface area contributed by atoms with Crippen LogP contribution in [0.5, 0.6) is 0 Å². The summed E-state index contributed by atoms with van der Waals surface area (Å²) in [4.78, 5) is 8.89. The minimum atomic E-state index is -1.08. The van der Waals surface area contributed by atoms with E-state index in [0.717, 1.165) is 6.92 Å². The Balaban J connectivity index is -0.0000000152. The molecule has 0 bridgehead atoms. The summed E-state index contributed by atoms with van der Waals surface area (Å²) in [6.45, 7) is 19.0. The molecule has 0 saturated heterocycles. The third kappa shape index (κ3) is 210. The molecule has 0 spiro atoms. The monoisotopic (exact) mass is 161 g/mol. The number of hydrogen-bond acceptors (Lipinski definition) is 2. The van der Waals surface area contributed by atoms with Crippen molar-refractivity contribution in [3.8, 4) is 0 Å². The van der Waals surface area contributed by atoms with Gasteiger partial charge in [0.05, 0.1) is 0 Å². The van der Waals surface area contributed by atoms with Crippen molar-refractivity contribution < 1.29 is 9.90 Å². The average molecular weight is 161 g/mol. The molecule has 0 atom stereocenters. The molecule has 3 nitrogen and oxygen atoms in total. The van der Waals surface area contributed by atoms with Gasteiger partial charge in [-0.3, -0.25) is 0 Å². The lowest BCUT2D eigenvalue weighted by Gasteiger charge is -1.77. The van der Waals surface area contributed by atoms with Gasteiger partial charge in [0.15, 0.2) is 0 Å². The van der Waals surface area contributed by atoms with Crippen LogP contribution in [0.1, 0.15) is 6.92 Å². The van der Waals surface area contributed by atoms with Crippen LogP contribution in [-0.2, 0) is 4.79 Å². The number of hydrogen-bond donors (Lipinski definition) is 1. The smallest absolute Gasteiger partial charge is 0.0383 e. The first kappa shape index (κ1) is 33.4. The number of carbonyl (C=O) groups is 1. The summed E-state index contributed by atoms with van der Waals surface area (Å²) < 4.78 is 0. The molecule has 0 aliphatic carbocycles. The van der Waals surface area contributed by atoms with E-state index < -0.39 is 5.97 Å². The van der Waals surface area contributed by atoms with Gasteiger partial charge < -0.3 is 16.1 Å². The lowest BCUT2D eigenvalue weighted by Crippen LogP contribution is -2.16. The van der Waals surface area contributed by atoms with E-state index in [2.05, 4.69) is 39.5 Å². The van der Waals surface area contributed by atoms with E-state index in [-0.39, 0.29) is 6.15 Å². The molecule has 0 aromatic carbocycles. The summed E-state index contributed by atoms with van der Waals surface area (Å²) in [5, 5.41) is 8.89. The van der Waals surface area contributed by atoms with Crippen molar-refractivity contribution in [2.75, 3.05) is 0 Å². The second-order valence-corrected chi connectivity index (χ2v) is 0.492. The van der Waals surface area contributed by atoms with E-state index in [1.165, 1.54) is 0 Å². The molecule has 0 aliphatic rings. The fraction of sp³-hybridized carbons (Fsp3) is 0.125. The molecule has 0 saturated carbocycles. The van der Waals surface area contributed by atoms with E-state index in [1.54, 1.807) is 0 Å². The maximum absolute atomic E-state index is 8.89. The minimum absolute atomic E-state index is 0. The third-order valence-electron chi connectivity index (χ3n) is 0. The molecular formula is C8H19NO2. The molecular weight excluding hydrogens is 142 g/mol. The summed E-state index contributed by atoms with van der Waals surface area (Å²) in [6.07, 6.45) is 0. The van der Waals surface area contributed by atoms with Gasteiger partial charge in [0.25, 0.3) is 0 Å². The lowest BCUT2D eigenvalue weighted by molar-refractivity contribution is -0.302. The Morgan fingerprint density at radius 3 is 1.00 bits per heavy atom. The molecule has 0 aliphatic heterocycles. The maximum Gasteiger partial charge on any atom is 0.0383 e. The van der Waals surface area contributed by atoms with Gasteiger partial charge in [0.2, 0.25) is 0 Å². The Kier molecular flexibility index (Phi) is 564. The van der Waals surface area contributed by atoms with Gasteiger partial charge in [0, 0.05) is 5.97 Å².